The van der Waals surface area contributed by atoms with Crippen LogP contribution in [0.2, 0.25) is 0 Å². The highest BCUT2D eigenvalue weighted by atomic mass is 16.5. The third-order valence-electron chi connectivity index (χ3n) is 4.18. The Morgan fingerprint density at radius 3 is 2.55 bits per heavy atom. The Bertz CT molecular complexity index is 1090. The maximum absolute atomic E-state index is 12.4. The van der Waals surface area contributed by atoms with E-state index in [4.69, 9.17) is 9.84 Å². The minimum Gasteiger partial charge on any atom is -0.497 e. The molecule has 3 aromatic rings. The highest BCUT2D eigenvalue weighted by molar-refractivity contribution is 5.92. The summed E-state index contributed by atoms with van der Waals surface area (Å²) in [6, 6.07) is 14.7. The average molecular weight is 393 g/mol. The van der Waals surface area contributed by atoms with Gasteiger partial charge in [-0.3, -0.25) is 9.59 Å². The minimum atomic E-state index is -1.04. The van der Waals surface area contributed by atoms with Crippen LogP contribution in [0.5, 0.6) is 5.75 Å². The molecular weight excluding hydrogens is 374 g/mol. The first-order chi connectivity index (χ1) is 13.9. The van der Waals surface area contributed by atoms with Gasteiger partial charge >= 0.3 is 5.97 Å². The molecule has 0 fully saturated rings. The van der Waals surface area contributed by atoms with Crippen molar-refractivity contribution in [3.8, 4) is 5.75 Å². The zero-order valence-corrected chi connectivity index (χ0v) is 15.6. The second kappa shape index (κ2) is 8.83. The third-order valence-corrected chi connectivity index (χ3v) is 4.18. The summed E-state index contributed by atoms with van der Waals surface area (Å²) >= 11 is 0. The first kappa shape index (κ1) is 19.8. The van der Waals surface area contributed by atoms with E-state index < -0.39 is 17.4 Å². The van der Waals surface area contributed by atoms with Gasteiger partial charge in [-0.15, -0.1) is 0 Å². The molecule has 29 heavy (non-hydrogen) atoms. The zero-order valence-electron chi connectivity index (χ0n) is 15.6. The van der Waals surface area contributed by atoms with Crippen molar-refractivity contribution in [1.29, 1.82) is 0 Å². The molecule has 0 spiro atoms. The number of hydrogen-bond acceptors (Lipinski definition) is 5. The monoisotopic (exact) mass is 393 g/mol. The lowest BCUT2D eigenvalue weighted by Crippen LogP contribution is -2.26. The molecule has 0 atom stereocenters. The molecule has 0 saturated heterocycles. The van der Waals surface area contributed by atoms with Gasteiger partial charge in [0.25, 0.3) is 11.5 Å². The quantitative estimate of drug-likeness (QED) is 0.564. The number of methoxy groups -OCH3 is 1. The summed E-state index contributed by atoms with van der Waals surface area (Å²) in [6.45, 7) is 0.113. The number of nitrogens with one attached hydrogen (secondary N) is 2. The molecule has 0 aliphatic heterocycles. The number of carbonyl (C=O) groups excluding carboxylic acids is 1. The average Bonchev–Trinajstić information content (AvgIpc) is 2.72. The Hall–Kier alpha value is -3.94. The second-order valence-corrected chi connectivity index (χ2v) is 6.29. The third kappa shape index (κ3) is 5.29. The summed E-state index contributed by atoms with van der Waals surface area (Å²) in [4.78, 5) is 42.3. The van der Waals surface area contributed by atoms with Gasteiger partial charge in [0.2, 0.25) is 0 Å². The Morgan fingerprint density at radius 1 is 1.10 bits per heavy atom. The molecule has 0 aliphatic carbocycles. The molecule has 0 saturated carbocycles. The molecule has 8 nitrogen and oxygen atoms in total. The summed E-state index contributed by atoms with van der Waals surface area (Å²) < 4.78 is 5.11. The molecule has 3 N–H and O–H groups in total. The molecular formula is C21H19N3O5. The van der Waals surface area contributed by atoms with E-state index >= 15 is 0 Å². The van der Waals surface area contributed by atoms with Crippen LogP contribution in [0.4, 0.5) is 0 Å². The lowest BCUT2D eigenvalue weighted by atomic mass is 10.1. The molecule has 148 valence electrons. The summed E-state index contributed by atoms with van der Waals surface area (Å²) in [5.74, 6) is -0.485. The molecule has 2 aromatic carbocycles. The summed E-state index contributed by atoms with van der Waals surface area (Å²) in [5, 5.41) is 11.7. The summed E-state index contributed by atoms with van der Waals surface area (Å²) in [6.07, 6.45) is 0.348. The highest BCUT2D eigenvalue weighted by Crippen LogP contribution is 2.13. The number of aromatic nitrogens is 2. The number of aromatic carboxylic acids is 1. The van der Waals surface area contributed by atoms with Crippen molar-refractivity contribution in [2.75, 3.05) is 7.11 Å². The second-order valence-electron chi connectivity index (χ2n) is 6.29. The number of rotatable bonds is 7. The SMILES string of the molecule is COc1ccc(Cc2nc(C(=O)NCc3cccc(C(=O)O)c3)cc(=O)[nH]2)cc1. The Labute approximate surface area is 166 Å². The standard InChI is InChI=1S/C21H19N3O5/c1-29-16-7-5-13(6-8-16)10-18-23-17(11-19(25)24-18)20(26)22-12-14-3-2-4-15(9-14)21(27)28/h2-9,11H,10,12H2,1H3,(H,22,26)(H,27,28)(H,23,24,25). The van der Waals surface area contributed by atoms with Gasteiger partial charge in [-0.2, -0.15) is 0 Å². The predicted octanol–water partition coefficient (Wildman–Crippen LogP) is 2.00. The highest BCUT2D eigenvalue weighted by Gasteiger charge is 2.11. The smallest absolute Gasteiger partial charge is 0.335 e. The maximum atomic E-state index is 12.4. The van der Waals surface area contributed by atoms with Gasteiger partial charge in [0, 0.05) is 19.0 Å². The van der Waals surface area contributed by atoms with Crippen molar-refractivity contribution in [2.24, 2.45) is 0 Å². The van der Waals surface area contributed by atoms with Gasteiger partial charge < -0.3 is 20.1 Å². The molecule has 1 aromatic heterocycles. The van der Waals surface area contributed by atoms with E-state index in [2.05, 4.69) is 15.3 Å². The van der Waals surface area contributed by atoms with Crippen molar-refractivity contribution >= 4 is 11.9 Å². The van der Waals surface area contributed by atoms with Crippen LogP contribution in [0.3, 0.4) is 0 Å². The number of ether oxygens (including phenoxy) is 1. The summed E-state index contributed by atoms with van der Waals surface area (Å²) in [5.41, 5.74) is 1.22. The number of carboxylic acid groups (broad SMARTS) is 1. The van der Waals surface area contributed by atoms with Crippen LogP contribution >= 0.6 is 0 Å². The molecule has 0 aliphatic rings. The van der Waals surface area contributed by atoms with Crippen LogP contribution in [0, 0.1) is 0 Å². The largest absolute Gasteiger partial charge is 0.497 e. The normalized spacial score (nSPS) is 10.4. The van der Waals surface area contributed by atoms with Crippen LogP contribution in [0.15, 0.2) is 59.4 Å². The van der Waals surface area contributed by atoms with Crippen LogP contribution < -0.4 is 15.6 Å². The van der Waals surface area contributed by atoms with Crippen LogP contribution in [0.25, 0.3) is 0 Å². The minimum absolute atomic E-state index is 0.00773. The van der Waals surface area contributed by atoms with E-state index in [0.717, 1.165) is 17.4 Å². The van der Waals surface area contributed by atoms with Crippen molar-refractivity contribution in [3.63, 3.8) is 0 Å². The van der Waals surface area contributed by atoms with E-state index in [9.17, 15) is 14.4 Å². The number of nitrogens with zero attached hydrogens (tertiary/aromatic N) is 1. The Morgan fingerprint density at radius 2 is 1.86 bits per heavy atom. The topological polar surface area (TPSA) is 121 Å². The van der Waals surface area contributed by atoms with E-state index in [1.165, 1.54) is 12.1 Å². The molecule has 3 rings (SSSR count). The van der Waals surface area contributed by atoms with Crippen LogP contribution in [-0.4, -0.2) is 34.1 Å². The fraction of sp³-hybridized carbons (Fsp3) is 0.143. The van der Waals surface area contributed by atoms with Gasteiger partial charge in [0.15, 0.2) is 0 Å². The van der Waals surface area contributed by atoms with Gasteiger partial charge in [0.1, 0.15) is 17.3 Å². The molecule has 1 amide bonds. The number of aromatic amines is 1. The Balaban J connectivity index is 1.71. The lowest BCUT2D eigenvalue weighted by Gasteiger charge is -2.07. The van der Waals surface area contributed by atoms with E-state index in [1.807, 2.05) is 12.1 Å². The first-order valence-electron chi connectivity index (χ1n) is 8.78. The molecule has 0 bridgehead atoms. The number of carbonyl (C=O) groups is 2. The van der Waals surface area contributed by atoms with Gasteiger partial charge in [-0.05, 0) is 35.4 Å². The molecule has 0 radical (unpaired) electrons. The predicted molar refractivity (Wildman–Crippen MR) is 105 cm³/mol. The van der Waals surface area contributed by atoms with Gasteiger partial charge in [0.05, 0.1) is 12.7 Å². The lowest BCUT2D eigenvalue weighted by molar-refractivity contribution is 0.0696. The first-order valence-corrected chi connectivity index (χ1v) is 8.78. The molecule has 8 heteroatoms. The molecule has 1 heterocycles. The fourth-order valence-corrected chi connectivity index (χ4v) is 2.73. The van der Waals surface area contributed by atoms with Crippen molar-refractivity contribution in [1.82, 2.24) is 15.3 Å². The van der Waals surface area contributed by atoms with E-state index in [1.54, 1.807) is 31.4 Å². The van der Waals surface area contributed by atoms with Gasteiger partial charge in [-0.1, -0.05) is 24.3 Å². The van der Waals surface area contributed by atoms with Gasteiger partial charge in [-0.25, -0.2) is 9.78 Å². The zero-order chi connectivity index (χ0) is 20.8. The van der Waals surface area contributed by atoms with Crippen LogP contribution in [-0.2, 0) is 13.0 Å². The molecule has 0 unspecified atom stereocenters. The van der Waals surface area contributed by atoms with Crippen molar-refractivity contribution < 1.29 is 19.4 Å². The fourth-order valence-electron chi connectivity index (χ4n) is 2.73. The van der Waals surface area contributed by atoms with Crippen molar-refractivity contribution in [2.45, 2.75) is 13.0 Å². The summed E-state index contributed by atoms with van der Waals surface area (Å²) in [7, 11) is 1.58. The number of H-pyrrole nitrogens is 1. The Kier molecular flexibility index (Phi) is 6.03. The number of amides is 1. The number of carboxylic acids is 1. The van der Waals surface area contributed by atoms with Crippen molar-refractivity contribution in [3.05, 3.63) is 93.2 Å². The number of benzene rings is 2. The maximum Gasteiger partial charge on any atom is 0.335 e. The van der Waals surface area contributed by atoms with E-state index in [-0.39, 0.29) is 17.8 Å². The van der Waals surface area contributed by atoms with Crippen LogP contribution in [0.1, 0.15) is 37.8 Å². The van der Waals surface area contributed by atoms with E-state index in [0.29, 0.717) is 17.8 Å². The number of hydrogen-bond donors (Lipinski definition) is 3.